The Labute approximate surface area is 108 Å². The van der Waals surface area contributed by atoms with Gasteiger partial charge in [0, 0.05) is 12.0 Å². The minimum Gasteiger partial charge on any atom is -0.343 e. The molecule has 1 aromatic carbocycles. The maximum Gasteiger partial charge on any atom is 0.251 e. The summed E-state index contributed by atoms with van der Waals surface area (Å²) in [5, 5.41) is 2.75. The normalized spacial score (nSPS) is 15.0. The zero-order valence-electron chi connectivity index (χ0n) is 11.0. The Kier molecular flexibility index (Phi) is 3.80. The average Bonchev–Trinajstić information content (AvgIpc) is 2.84. The minimum atomic E-state index is -0.407. The molecule has 1 aliphatic rings. The lowest BCUT2D eigenvalue weighted by molar-refractivity contribution is -0.120. The third-order valence-electron chi connectivity index (χ3n) is 3.54. The molecular formula is C15H19NO2. The van der Waals surface area contributed by atoms with Gasteiger partial charge in [0.1, 0.15) is 0 Å². The Hall–Kier alpha value is -1.64. The molecule has 0 heterocycles. The summed E-state index contributed by atoms with van der Waals surface area (Å²) in [6.07, 6.45) is 3.79. The molecule has 0 aliphatic heterocycles. The van der Waals surface area contributed by atoms with Crippen molar-refractivity contribution < 1.29 is 9.59 Å². The number of benzene rings is 1. The number of carbonyl (C=O) groups excluding carboxylic acids is 2. The third kappa shape index (κ3) is 2.61. The average molecular weight is 245 g/mol. The molecule has 1 aliphatic carbocycles. The van der Waals surface area contributed by atoms with E-state index in [1.807, 2.05) is 18.2 Å². The van der Waals surface area contributed by atoms with E-state index in [1.165, 1.54) is 17.5 Å². The van der Waals surface area contributed by atoms with Gasteiger partial charge in [0.15, 0.2) is 5.78 Å². The summed E-state index contributed by atoms with van der Waals surface area (Å²) >= 11 is 0. The molecule has 0 fully saturated rings. The molecule has 1 atom stereocenters. The fourth-order valence-electron chi connectivity index (χ4n) is 2.38. The maximum atomic E-state index is 12.0. The highest BCUT2D eigenvalue weighted by molar-refractivity contribution is 5.98. The van der Waals surface area contributed by atoms with Gasteiger partial charge < -0.3 is 5.32 Å². The standard InChI is InChI=1S/C15H19NO2/c1-3-14(17)10(2)16-15(18)13-8-7-11-5-4-6-12(11)9-13/h7-10H,3-6H2,1-2H3,(H,16,18). The first kappa shape index (κ1) is 12.8. The van der Waals surface area contributed by atoms with Crippen LogP contribution in [0.15, 0.2) is 18.2 Å². The number of ketones is 1. The van der Waals surface area contributed by atoms with E-state index in [0.29, 0.717) is 12.0 Å². The molecule has 1 amide bonds. The summed E-state index contributed by atoms with van der Waals surface area (Å²) in [6, 6.07) is 5.43. The van der Waals surface area contributed by atoms with Crippen molar-refractivity contribution in [1.82, 2.24) is 5.32 Å². The van der Waals surface area contributed by atoms with Gasteiger partial charge >= 0.3 is 0 Å². The molecule has 0 saturated heterocycles. The van der Waals surface area contributed by atoms with Gasteiger partial charge in [-0.2, -0.15) is 0 Å². The zero-order valence-corrected chi connectivity index (χ0v) is 11.0. The van der Waals surface area contributed by atoms with Gasteiger partial charge in [0.25, 0.3) is 5.91 Å². The molecule has 0 saturated carbocycles. The Morgan fingerprint density at radius 3 is 2.72 bits per heavy atom. The topological polar surface area (TPSA) is 46.2 Å². The van der Waals surface area contributed by atoms with Crippen LogP contribution >= 0.6 is 0 Å². The number of Topliss-reactive ketones (excluding diaryl/α,β-unsaturated/α-hetero) is 1. The SMILES string of the molecule is CCC(=O)C(C)NC(=O)c1ccc2c(c1)CCC2. The predicted octanol–water partition coefficient (Wildman–Crippen LogP) is 2.27. The van der Waals surface area contributed by atoms with E-state index >= 15 is 0 Å². The van der Waals surface area contributed by atoms with Crippen molar-refractivity contribution >= 4 is 11.7 Å². The molecular weight excluding hydrogens is 226 g/mol. The van der Waals surface area contributed by atoms with Crippen molar-refractivity contribution in [2.24, 2.45) is 0 Å². The van der Waals surface area contributed by atoms with Crippen molar-refractivity contribution in [1.29, 1.82) is 0 Å². The second kappa shape index (κ2) is 5.34. The van der Waals surface area contributed by atoms with Crippen molar-refractivity contribution in [2.45, 2.75) is 45.6 Å². The lowest BCUT2D eigenvalue weighted by Crippen LogP contribution is -2.38. The number of nitrogens with one attached hydrogen (secondary N) is 1. The Morgan fingerprint density at radius 2 is 2.00 bits per heavy atom. The first-order valence-electron chi connectivity index (χ1n) is 6.57. The molecule has 0 spiro atoms. The maximum absolute atomic E-state index is 12.0. The number of hydrogen-bond donors (Lipinski definition) is 1. The molecule has 96 valence electrons. The summed E-state index contributed by atoms with van der Waals surface area (Å²) in [4.78, 5) is 23.5. The van der Waals surface area contributed by atoms with Crippen molar-refractivity contribution in [3.8, 4) is 0 Å². The quantitative estimate of drug-likeness (QED) is 0.884. The molecule has 0 aromatic heterocycles. The van der Waals surface area contributed by atoms with Crippen LogP contribution in [0.1, 0.15) is 48.2 Å². The smallest absolute Gasteiger partial charge is 0.251 e. The van der Waals surface area contributed by atoms with Crippen LogP contribution in [0, 0.1) is 0 Å². The van der Waals surface area contributed by atoms with Crippen LogP contribution in [0.3, 0.4) is 0 Å². The van der Waals surface area contributed by atoms with E-state index in [4.69, 9.17) is 0 Å². The Morgan fingerprint density at radius 1 is 1.28 bits per heavy atom. The summed E-state index contributed by atoms with van der Waals surface area (Å²) in [6.45, 7) is 3.54. The lowest BCUT2D eigenvalue weighted by Gasteiger charge is -2.12. The van der Waals surface area contributed by atoms with Crippen LogP contribution in [-0.4, -0.2) is 17.7 Å². The van der Waals surface area contributed by atoms with Crippen LogP contribution in [0.4, 0.5) is 0 Å². The summed E-state index contributed by atoms with van der Waals surface area (Å²) < 4.78 is 0. The second-order valence-corrected chi connectivity index (χ2v) is 4.85. The molecule has 2 rings (SSSR count). The molecule has 1 aromatic rings. The van der Waals surface area contributed by atoms with Gasteiger partial charge in [0.2, 0.25) is 0 Å². The number of rotatable bonds is 4. The highest BCUT2D eigenvalue weighted by Crippen LogP contribution is 2.22. The van der Waals surface area contributed by atoms with Gasteiger partial charge in [-0.1, -0.05) is 13.0 Å². The van der Waals surface area contributed by atoms with E-state index < -0.39 is 6.04 Å². The molecule has 3 nitrogen and oxygen atoms in total. The first-order valence-corrected chi connectivity index (χ1v) is 6.57. The zero-order chi connectivity index (χ0) is 13.1. The van der Waals surface area contributed by atoms with Gasteiger partial charge in [-0.3, -0.25) is 9.59 Å². The number of carbonyl (C=O) groups is 2. The van der Waals surface area contributed by atoms with Gasteiger partial charge in [-0.15, -0.1) is 0 Å². The van der Waals surface area contributed by atoms with Gasteiger partial charge in [-0.25, -0.2) is 0 Å². The van der Waals surface area contributed by atoms with Crippen LogP contribution in [0.2, 0.25) is 0 Å². The molecule has 1 N–H and O–H groups in total. The van der Waals surface area contributed by atoms with E-state index in [9.17, 15) is 9.59 Å². The predicted molar refractivity (Wildman–Crippen MR) is 70.7 cm³/mol. The fraction of sp³-hybridized carbons (Fsp3) is 0.467. The number of fused-ring (bicyclic) bond motifs is 1. The van der Waals surface area contributed by atoms with Gasteiger partial charge in [-0.05, 0) is 49.4 Å². The van der Waals surface area contributed by atoms with Crippen molar-refractivity contribution in [3.63, 3.8) is 0 Å². The summed E-state index contributed by atoms with van der Waals surface area (Å²) in [7, 11) is 0. The van der Waals surface area contributed by atoms with Crippen LogP contribution in [0.25, 0.3) is 0 Å². The third-order valence-corrected chi connectivity index (χ3v) is 3.54. The monoisotopic (exact) mass is 245 g/mol. The largest absolute Gasteiger partial charge is 0.343 e. The first-order chi connectivity index (χ1) is 8.61. The molecule has 0 bridgehead atoms. The molecule has 0 radical (unpaired) electrons. The van der Waals surface area contributed by atoms with Crippen LogP contribution in [0.5, 0.6) is 0 Å². The summed E-state index contributed by atoms with van der Waals surface area (Å²) in [5.74, 6) is -0.0940. The molecule has 18 heavy (non-hydrogen) atoms. The number of hydrogen-bond acceptors (Lipinski definition) is 2. The van der Waals surface area contributed by atoms with E-state index in [2.05, 4.69) is 5.32 Å². The van der Waals surface area contributed by atoms with E-state index in [0.717, 1.165) is 12.8 Å². The number of aryl methyl sites for hydroxylation is 2. The summed E-state index contributed by atoms with van der Waals surface area (Å²) in [5.41, 5.74) is 3.28. The molecule has 3 heteroatoms. The molecule has 1 unspecified atom stereocenters. The second-order valence-electron chi connectivity index (χ2n) is 4.85. The Bertz CT molecular complexity index is 479. The van der Waals surface area contributed by atoms with Crippen molar-refractivity contribution in [2.75, 3.05) is 0 Å². The van der Waals surface area contributed by atoms with E-state index in [-0.39, 0.29) is 11.7 Å². The highest BCUT2D eigenvalue weighted by atomic mass is 16.2. The van der Waals surface area contributed by atoms with Crippen molar-refractivity contribution in [3.05, 3.63) is 34.9 Å². The number of amides is 1. The Balaban J connectivity index is 2.07. The lowest BCUT2D eigenvalue weighted by atomic mass is 10.1. The van der Waals surface area contributed by atoms with E-state index in [1.54, 1.807) is 13.8 Å². The van der Waals surface area contributed by atoms with Crippen LogP contribution in [-0.2, 0) is 17.6 Å². The highest BCUT2D eigenvalue weighted by Gasteiger charge is 2.17. The van der Waals surface area contributed by atoms with Crippen LogP contribution < -0.4 is 5.32 Å². The fourth-order valence-corrected chi connectivity index (χ4v) is 2.38. The minimum absolute atomic E-state index is 0.0597. The van der Waals surface area contributed by atoms with Gasteiger partial charge in [0.05, 0.1) is 6.04 Å².